The van der Waals surface area contributed by atoms with E-state index in [9.17, 15) is 8.42 Å². The predicted octanol–water partition coefficient (Wildman–Crippen LogP) is 0.484. The van der Waals surface area contributed by atoms with Crippen LogP contribution in [0.4, 0.5) is 0 Å². The molecule has 0 spiro atoms. The second-order valence-corrected chi connectivity index (χ2v) is 7.69. The molecule has 0 aromatic heterocycles. The minimum atomic E-state index is -3.33. The lowest BCUT2D eigenvalue weighted by Gasteiger charge is -2.19. The van der Waals surface area contributed by atoms with Gasteiger partial charge in [-0.3, -0.25) is 0 Å². The minimum Gasteiger partial charge on any atom is -0.317 e. The zero-order valence-corrected chi connectivity index (χ0v) is 14.6. The third kappa shape index (κ3) is 7.06. The standard InChI is InChI=1S/C14H32N4O2S/c1-4-8-15-9-6-10-17(3)21(19,20)16-12-14-7-11-18(5-2)13-14/h14-16H,4-13H2,1-3H3. The molecule has 1 atom stereocenters. The maximum absolute atomic E-state index is 12.1. The Balaban J connectivity index is 2.22. The van der Waals surface area contributed by atoms with Crippen LogP contribution in [-0.4, -0.2) is 70.5 Å². The predicted molar refractivity (Wildman–Crippen MR) is 87.6 cm³/mol. The van der Waals surface area contributed by atoms with Gasteiger partial charge in [-0.1, -0.05) is 13.8 Å². The molecule has 7 heteroatoms. The average molecular weight is 321 g/mol. The van der Waals surface area contributed by atoms with E-state index in [1.165, 1.54) is 4.31 Å². The average Bonchev–Trinajstić information content (AvgIpc) is 2.93. The van der Waals surface area contributed by atoms with Crippen molar-refractivity contribution in [2.75, 3.05) is 52.9 Å². The van der Waals surface area contributed by atoms with Crippen molar-refractivity contribution in [2.24, 2.45) is 5.92 Å². The Kier molecular flexibility index (Phi) is 8.73. The summed E-state index contributed by atoms with van der Waals surface area (Å²) < 4.78 is 28.5. The van der Waals surface area contributed by atoms with Crippen LogP contribution in [0, 0.1) is 5.92 Å². The Morgan fingerprint density at radius 1 is 1.29 bits per heavy atom. The fraction of sp³-hybridized carbons (Fsp3) is 1.00. The van der Waals surface area contributed by atoms with Crippen LogP contribution >= 0.6 is 0 Å². The lowest BCUT2D eigenvalue weighted by atomic mass is 10.1. The van der Waals surface area contributed by atoms with Crippen LogP contribution < -0.4 is 10.0 Å². The Morgan fingerprint density at radius 3 is 2.67 bits per heavy atom. The number of nitrogens with zero attached hydrogens (tertiary/aromatic N) is 2. The van der Waals surface area contributed by atoms with Gasteiger partial charge in [-0.25, -0.2) is 4.72 Å². The van der Waals surface area contributed by atoms with Gasteiger partial charge in [-0.05, 0) is 51.4 Å². The van der Waals surface area contributed by atoms with E-state index in [2.05, 4.69) is 28.8 Å². The Bertz CT molecular complexity index is 375. The molecule has 1 aliphatic rings. The van der Waals surface area contributed by atoms with Crippen LogP contribution in [0.5, 0.6) is 0 Å². The molecular weight excluding hydrogens is 288 g/mol. The van der Waals surface area contributed by atoms with Gasteiger partial charge in [0.25, 0.3) is 10.2 Å². The molecule has 6 nitrogen and oxygen atoms in total. The molecule has 126 valence electrons. The van der Waals surface area contributed by atoms with Crippen molar-refractivity contribution in [3.05, 3.63) is 0 Å². The van der Waals surface area contributed by atoms with Gasteiger partial charge in [0.1, 0.15) is 0 Å². The van der Waals surface area contributed by atoms with Crippen LogP contribution in [0.2, 0.25) is 0 Å². The maximum atomic E-state index is 12.1. The molecule has 0 bridgehead atoms. The highest BCUT2D eigenvalue weighted by molar-refractivity contribution is 7.87. The van der Waals surface area contributed by atoms with E-state index in [4.69, 9.17) is 0 Å². The first-order chi connectivity index (χ1) is 9.99. The van der Waals surface area contributed by atoms with Gasteiger partial charge in [-0.2, -0.15) is 12.7 Å². The van der Waals surface area contributed by atoms with Crippen molar-refractivity contribution in [3.63, 3.8) is 0 Å². The SMILES string of the molecule is CCCNCCCN(C)S(=O)(=O)NCC1CCN(CC)C1. The van der Waals surface area contributed by atoms with Crippen molar-refractivity contribution in [1.82, 2.24) is 19.2 Å². The summed E-state index contributed by atoms with van der Waals surface area (Å²) in [7, 11) is -1.68. The Labute approximate surface area is 130 Å². The van der Waals surface area contributed by atoms with Crippen molar-refractivity contribution in [3.8, 4) is 0 Å². The van der Waals surface area contributed by atoms with Crippen LogP contribution in [0.1, 0.15) is 33.1 Å². The summed E-state index contributed by atoms with van der Waals surface area (Å²) in [6, 6.07) is 0. The number of hydrogen-bond donors (Lipinski definition) is 2. The molecule has 2 N–H and O–H groups in total. The van der Waals surface area contributed by atoms with Gasteiger partial charge in [0.05, 0.1) is 0 Å². The highest BCUT2D eigenvalue weighted by Gasteiger charge is 2.24. The highest BCUT2D eigenvalue weighted by atomic mass is 32.2. The first-order valence-electron chi connectivity index (χ1n) is 8.13. The number of likely N-dealkylation sites (tertiary alicyclic amines) is 1. The van der Waals surface area contributed by atoms with Gasteiger partial charge in [0.2, 0.25) is 0 Å². The van der Waals surface area contributed by atoms with Crippen LogP contribution in [0.15, 0.2) is 0 Å². The molecule has 0 aromatic rings. The van der Waals surface area contributed by atoms with Gasteiger partial charge in [0, 0.05) is 26.7 Å². The number of rotatable bonds is 11. The van der Waals surface area contributed by atoms with E-state index in [0.29, 0.717) is 19.0 Å². The maximum Gasteiger partial charge on any atom is 0.279 e. The Hall–Kier alpha value is -0.210. The number of nitrogens with one attached hydrogen (secondary N) is 2. The van der Waals surface area contributed by atoms with Gasteiger partial charge in [0.15, 0.2) is 0 Å². The molecule has 1 fully saturated rings. The molecule has 0 saturated carbocycles. The fourth-order valence-electron chi connectivity index (χ4n) is 2.55. The molecule has 21 heavy (non-hydrogen) atoms. The molecule has 1 aliphatic heterocycles. The molecule has 1 heterocycles. The second-order valence-electron chi connectivity index (χ2n) is 5.83. The summed E-state index contributed by atoms with van der Waals surface area (Å²) in [5, 5.41) is 3.28. The van der Waals surface area contributed by atoms with Crippen molar-refractivity contribution in [1.29, 1.82) is 0 Å². The molecule has 0 aliphatic carbocycles. The second kappa shape index (κ2) is 9.74. The number of hydrogen-bond acceptors (Lipinski definition) is 4. The first-order valence-corrected chi connectivity index (χ1v) is 9.57. The smallest absolute Gasteiger partial charge is 0.279 e. The summed E-state index contributed by atoms with van der Waals surface area (Å²) in [6.07, 6.45) is 3.03. The fourth-order valence-corrected chi connectivity index (χ4v) is 3.58. The van der Waals surface area contributed by atoms with Crippen LogP contribution in [-0.2, 0) is 10.2 Å². The van der Waals surface area contributed by atoms with E-state index in [-0.39, 0.29) is 0 Å². The molecule has 0 radical (unpaired) electrons. The van der Waals surface area contributed by atoms with Crippen LogP contribution in [0.3, 0.4) is 0 Å². The van der Waals surface area contributed by atoms with E-state index < -0.39 is 10.2 Å². The van der Waals surface area contributed by atoms with E-state index in [1.54, 1.807) is 7.05 Å². The summed E-state index contributed by atoms with van der Waals surface area (Å²) in [5.74, 6) is 0.444. The van der Waals surface area contributed by atoms with E-state index >= 15 is 0 Å². The van der Waals surface area contributed by atoms with Crippen molar-refractivity contribution in [2.45, 2.75) is 33.1 Å². The quantitative estimate of drug-likeness (QED) is 0.544. The van der Waals surface area contributed by atoms with Crippen molar-refractivity contribution >= 4 is 10.2 Å². The lowest BCUT2D eigenvalue weighted by molar-refractivity contribution is 0.341. The van der Waals surface area contributed by atoms with Gasteiger partial charge >= 0.3 is 0 Å². The van der Waals surface area contributed by atoms with E-state index in [0.717, 1.165) is 52.0 Å². The first kappa shape index (κ1) is 18.8. The normalized spacial score (nSPS) is 20.5. The Morgan fingerprint density at radius 2 is 2.05 bits per heavy atom. The molecule has 0 aromatic carbocycles. The summed E-state index contributed by atoms with van der Waals surface area (Å²) in [4.78, 5) is 2.36. The molecule has 0 amide bonds. The molecular formula is C14H32N4O2S. The largest absolute Gasteiger partial charge is 0.317 e. The molecule has 1 saturated heterocycles. The third-order valence-electron chi connectivity index (χ3n) is 4.04. The van der Waals surface area contributed by atoms with Crippen LogP contribution in [0.25, 0.3) is 0 Å². The van der Waals surface area contributed by atoms with Gasteiger partial charge in [-0.15, -0.1) is 0 Å². The monoisotopic (exact) mass is 320 g/mol. The summed E-state index contributed by atoms with van der Waals surface area (Å²) in [5.41, 5.74) is 0. The summed E-state index contributed by atoms with van der Waals surface area (Å²) in [6.45, 7) is 10.4. The van der Waals surface area contributed by atoms with Crippen molar-refractivity contribution < 1.29 is 8.42 Å². The highest BCUT2D eigenvalue weighted by Crippen LogP contribution is 2.15. The third-order valence-corrected chi connectivity index (χ3v) is 5.57. The topological polar surface area (TPSA) is 64.7 Å². The minimum absolute atomic E-state index is 0.444. The molecule has 1 rings (SSSR count). The zero-order chi connectivity index (χ0) is 15.7. The van der Waals surface area contributed by atoms with E-state index in [1.807, 2.05) is 0 Å². The zero-order valence-electron chi connectivity index (χ0n) is 13.8. The van der Waals surface area contributed by atoms with Gasteiger partial charge < -0.3 is 10.2 Å². The molecule has 1 unspecified atom stereocenters. The summed E-state index contributed by atoms with van der Waals surface area (Å²) >= 11 is 0. The lowest BCUT2D eigenvalue weighted by Crippen LogP contribution is -2.41.